The van der Waals surface area contributed by atoms with Crippen molar-refractivity contribution < 1.29 is 9.90 Å². The molecule has 0 spiro atoms. The Bertz CT molecular complexity index is 447. The Morgan fingerprint density at radius 3 is 2.71 bits per heavy atom. The monoisotopic (exact) mass is 230 g/mol. The summed E-state index contributed by atoms with van der Waals surface area (Å²) in [4.78, 5) is 13.5. The number of benzene rings is 1. The van der Waals surface area contributed by atoms with Gasteiger partial charge in [0.05, 0.1) is 24.2 Å². The summed E-state index contributed by atoms with van der Waals surface area (Å²) in [5.41, 5.74) is 1.49. The molecule has 1 aromatic rings. The van der Waals surface area contributed by atoms with Gasteiger partial charge in [-0.05, 0) is 24.1 Å². The molecular weight excluding hydrogens is 216 g/mol. The van der Waals surface area contributed by atoms with Gasteiger partial charge in [-0.15, -0.1) is 0 Å². The van der Waals surface area contributed by atoms with Gasteiger partial charge in [0, 0.05) is 13.1 Å². The van der Waals surface area contributed by atoms with E-state index >= 15 is 0 Å². The molecule has 0 saturated carbocycles. The van der Waals surface area contributed by atoms with Gasteiger partial charge in [0.2, 0.25) is 5.91 Å². The van der Waals surface area contributed by atoms with E-state index in [1.807, 2.05) is 6.07 Å². The zero-order chi connectivity index (χ0) is 12.3. The molecule has 0 aromatic heterocycles. The van der Waals surface area contributed by atoms with Crippen molar-refractivity contribution in [3.63, 3.8) is 0 Å². The summed E-state index contributed by atoms with van der Waals surface area (Å²) in [6.07, 6.45) is 0.622. The van der Waals surface area contributed by atoms with Crippen LogP contribution in [-0.2, 0) is 11.2 Å². The first-order valence-corrected chi connectivity index (χ1v) is 5.64. The molecular formula is C13H14N2O2. The first kappa shape index (κ1) is 11.6. The van der Waals surface area contributed by atoms with Gasteiger partial charge in [0.15, 0.2) is 0 Å². The SMILES string of the molecule is N#Cc1ccc(CC(=O)N2CC[C@H](O)C2)cc1. The number of likely N-dealkylation sites (tertiary alicyclic amines) is 1. The Kier molecular flexibility index (Phi) is 3.40. The Labute approximate surface area is 100 Å². The van der Waals surface area contributed by atoms with Gasteiger partial charge in [0.25, 0.3) is 0 Å². The minimum absolute atomic E-state index is 0.0336. The third-order valence-electron chi connectivity index (χ3n) is 2.95. The van der Waals surface area contributed by atoms with Gasteiger partial charge in [-0.3, -0.25) is 4.79 Å². The summed E-state index contributed by atoms with van der Waals surface area (Å²) < 4.78 is 0. The summed E-state index contributed by atoms with van der Waals surface area (Å²) in [6, 6.07) is 9.05. The maximum Gasteiger partial charge on any atom is 0.227 e. The van der Waals surface area contributed by atoms with E-state index in [0.29, 0.717) is 31.5 Å². The smallest absolute Gasteiger partial charge is 0.227 e. The number of β-amino-alcohol motifs (C(OH)–C–C–N with tert-alkyl or cyclic N) is 1. The van der Waals surface area contributed by atoms with Crippen LogP contribution >= 0.6 is 0 Å². The predicted molar refractivity (Wildman–Crippen MR) is 62.1 cm³/mol. The van der Waals surface area contributed by atoms with Gasteiger partial charge in [-0.2, -0.15) is 5.26 Å². The molecule has 0 bridgehead atoms. The quantitative estimate of drug-likeness (QED) is 0.813. The van der Waals surface area contributed by atoms with Crippen LogP contribution in [0.5, 0.6) is 0 Å². The first-order chi connectivity index (χ1) is 8.19. The molecule has 0 aliphatic carbocycles. The lowest BCUT2D eigenvalue weighted by atomic mass is 10.1. The van der Waals surface area contributed by atoms with Gasteiger partial charge in [-0.25, -0.2) is 0 Å². The maximum absolute atomic E-state index is 11.9. The van der Waals surface area contributed by atoms with E-state index in [-0.39, 0.29) is 12.0 Å². The predicted octanol–water partition coefficient (Wildman–Crippen LogP) is 0.694. The van der Waals surface area contributed by atoms with E-state index < -0.39 is 0 Å². The van der Waals surface area contributed by atoms with Crippen LogP contribution in [-0.4, -0.2) is 35.1 Å². The number of amides is 1. The molecule has 1 aromatic carbocycles. The maximum atomic E-state index is 11.9. The Hall–Kier alpha value is -1.86. The highest BCUT2D eigenvalue weighted by Crippen LogP contribution is 2.12. The number of hydrogen-bond acceptors (Lipinski definition) is 3. The number of aliphatic hydroxyl groups is 1. The molecule has 1 aliphatic heterocycles. The van der Waals surface area contributed by atoms with Crippen LogP contribution in [0.15, 0.2) is 24.3 Å². The Morgan fingerprint density at radius 1 is 1.47 bits per heavy atom. The fourth-order valence-corrected chi connectivity index (χ4v) is 1.95. The number of carbonyl (C=O) groups excluding carboxylic acids is 1. The number of nitriles is 1. The van der Waals surface area contributed by atoms with Gasteiger partial charge < -0.3 is 10.0 Å². The van der Waals surface area contributed by atoms with Crippen molar-refractivity contribution in [3.05, 3.63) is 35.4 Å². The molecule has 17 heavy (non-hydrogen) atoms. The lowest BCUT2D eigenvalue weighted by molar-refractivity contribution is -0.129. The molecule has 2 rings (SSSR count). The molecule has 1 amide bonds. The fourth-order valence-electron chi connectivity index (χ4n) is 1.95. The second kappa shape index (κ2) is 4.98. The number of aliphatic hydroxyl groups excluding tert-OH is 1. The lowest BCUT2D eigenvalue weighted by Gasteiger charge is -2.15. The van der Waals surface area contributed by atoms with E-state index in [4.69, 9.17) is 5.26 Å². The van der Waals surface area contributed by atoms with Gasteiger partial charge >= 0.3 is 0 Å². The molecule has 0 radical (unpaired) electrons. The summed E-state index contributed by atoms with van der Waals surface area (Å²) in [7, 11) is 0. The van der Waals surface area contributed by atoms with Crippen LogP contribution in [0.4, 0.5) is 0 Å². The topological polar surface area (TPSA) is 64.3 Å². The average Bonchev–Trinajstić information content (AvgIpc) is 2.77. The second-order valence-corrected chi connectivity index (χ2v) is 4.27. The minimum atomic E-state index is -0.375. The molecule has 1 N–H and O–H groups in total. The summed E-state index contributed by atoms with van der Waals surface area (Å²) in [5, 5.41) is 18.0. The zero-order valence-electron chi connectivity index (χ0n) is 9.47. The fraction of sp³-hybridized carbons (Fsp3) is 0.385. The Balaban J connectivity index is 1.96. The molecule has 1 aliphatic rings. The summed E-state index contributed by atoms with van der Waals surface area (Å²) in [5.74, 6) is 0.0336. The van der Waals surface area contributed by atoms with E-state index in [2.05, 4.69) is 0 Å². The van der Waals surface area contributed by atoms with Crippen molar-refractivity contribution in [2.75, 3.05) is 13.1 Å². The first-order valence-electron chi connectivity index (χ1n) is 5.64. The number of carbonyl (C=O) groups is 1. The van der Waals surface area contributed by atoms with Crippen LogP contribution < -0.4 is 0 Å². The Morgan fingerprint density at radius 2 is 2.18 bits per heavy atom. The summed E-state index contributed by atoms with van der Waals surface area (Å²) in [6.45, 7) is 1.07. The van der Waals surface area contributed by atoms with Crippen molar-refractivity contribution in [2.24, 2.45) is 0 Å². The highest BCUT2D eigenvalue weighted by molar-refractivity contribution is 5.79. The minimum Gasteiger partial charge on any atom is -0.391 e. The molecule has 1 atom stereocenters. The normalized spacial score (nSPS) is 19.1. The summed E-state index contributed by atoms with van der Waals surface area (Å²) >= 11 is 0. The van der Waals surface area contributed by atoms with Crippen molar-refractivity contribution in [1.29, 1.82) is 5.26 Å². The molecule has 1 fully saturated rings. The zero-order valence-corrected chi connectivity index (χ0v) is 9.47. The number of hydrogen-bond donors (Lipinski definition) is 1. The van der Waals surface area contributed by atoms with Crippen LogP contribution in [0.1, 0.15) is 17.5 Å². The average molecular weight is 230 g/mol. The molecule has 1 heterocycles. The molecule has 4 heteroatoms. The van der Waals surface area contributed by atoms with E-state index in [0.717, 1.165) is 5.56 Å². The van der Waals surface area contributed by atoms with Crippen LogP contribution in [0, 0.1) is 11.3 Å². The van der Waals surface area contributed by atoms with Crippen molar-refractivity contribution in [3.8, 4) is 6.07 Å². The molecule has 4 nitrogen and oxygen atoms in total. The highest BCUT2D eigenvalue weighted by Gasteiger charge is 2.24. The van der Waals surface area contributed by atoms with E-state index in [9.17, 15) is 9.90 Å². The number of rotatable bonds is 2. The van der Waals surface area contributed by atoms with Crippen molar-refractivity contribution in [2.45, 2.75) is 18.9 Å². The molecule has 0 unspecified atom stereocenters. The van der Waals surface area contributed by atoms with E-state index in [1.165, 1.54) is 0 Å². The van der Waals surface area contributed by atoms with Gasteiger partial charge in [-0.1, -0.05) is 12.1 Å². The largest absolute Gasteiger partial charge is 0.391 e. The second-order valence-electron chi connectivity index (χ2n) is 4.27. The van der Waals surface area contributed by atoms with Gasteiger partial charge in [0.1, 0.15) is 0 Å². The van der Waals surface area contributed by atoms with Crippen LogP contribution in [0.25, 0.3) is 0 Å². The van der Waals surface area contributed by atoms with Crippen LogP contribution in [0.2, 0.25) is 0 Å². The number of nitrogens with zero attached hydrogens (tertiary/aromatic N) is 2. The van der Waals surface area contributed by atoms with Crippen LogP contribution in [0.3, 0.4) is 0 Å². The molecule has 1 saturated heterocycles. The highest BCUT2D eigenvalue weighted by atomic mass is 16.3. The van der Waals surface area contributed by atoms with E-state index in [1.54, 1.807) is 29.2 Å². The lowest BCUT2D eigenvalue weighted by Crippen LogP contribution is -2.30. The molecule has 88 valence electrons. The van der Waals surface area contributed by atoms with Crippen molar-refractivity contribution in [1.82, 2.24) is 4.90 Å². The van der Waals surface area contributed by atoms with Crippen molar-refractivity contribution >= 4 is 5.91 Å². The standard InChI is InChI=1S/C13H14N2O2/c14-8-11-3-1-10(2-4-11)7-13(17)15-6-5-12(16)9-15/h1-4,12,16H,5-7,9H2/t12-/m0/s1. The third-order valence-corrected chi connectivity index (χ3v) is 2.95. The third kappa shape index (κ3) is 2.83.